The van der Waals surface area contributed by atoms with Crippen molar-refractivity contribution < 1.29 is 106 Å². The van der Waals surface area contributed by atoms with Gasteiger partial charge >= 0.3 is 17.9 Å². The van der Waals surface area contributed by atoms with Crippen LogP contribution in [0.15, 0.2) is 140 Å². The summed E-state index contributed by atoms with van der Waals surface area (Å²) >= 11 is 0. The average molecular weight is 1600 g/mol. The van der Waals surface area contributed by atoms with Crippen molar-refractivity contribution in [1.82, 2.24) is 0 Å². The molecule has 114 heavy (non-hydrogen) atoms. The molecular formula is C93H150O21. The van der Waals surface area contributed by atoms with Crippen molar-refractivity contribution in [2.45, 2.75) is 368 Å². The van der Waals surface area contributed by atoms with Crippen LogP contribution in [-0.4, -0.2) is 203 Å². The van der Waals surface area contributed by atoms with Crippen LogP contribution in [0.2, 0.25) is 0 Å². The molecule has 12 unspecified atom stereocenters. The summed E-state index contributed by atoms with van der Waals surface area (Å²) in [6.07, 6.45) is 35.0. The maximum absolute atomic E-state index is 11.3. The first kappa shape index (κ1) is 101. The summed E-state index contributed by atoms with van der Waals surface area (Å²) in [5.74, 6) is -2.47. The Kier molecular flexibility index (Phi) is 42.6. The van der Waals surface area contributed by atoms with E-state index in [4.69, 9.17) is 0 Å². The molecule has 6 rings (SSSR count). The van der Waals surface area contributed by atoms with Gasteiger partial charge in [-0.2, -0.15) is 0 Å². The summed E-state index contributed by atoms with van der Waals surface area (Å²) in [7, 11) is 0. The molecule has 0 saturated heterocycles. The maximum Gasteiger partial charge on any atom is 0.309 e. The van der Waals surface area contributed by atoms with Crippen molar-refractivity contribution >= 4 is 17.9 Å². The van der Waals surface area contributed by atoms with Crippen LogP contribution in [0, 0.1) is 32.5 Å². The number of rotatable bonds is 48. The minimum atomic E-state index is -0.826. The van der Waals surface area contributed by atoms with Gasteiger partial charge in [0.05, 0.1) is 89.5 Å². The summed E-state index contributed by atoms with van der Waals surface area (Å²) < 4.78 is 0. The van der Waals surface area contributed by atoms with Gasteiger partial charge in [0.2, 0.25) is 0 Å². The molecule has 0 aromatic heterocycles. The summed E-state index contributed by atoms with van der Waals surface area (Å²) in [5.41, 5.74) is 6.79. The third-order valence-electron chi connectivity index (χ3n) is 23.9. The van der Waals surface area contributed by atoms with Gasteiger partial charge in [-0.15, -0.1) is 0 Å². The van der Waals surface area contributed by atoms with E-state index in [0.717, 1.165) is 163 Å². The highest BCUT2D eigenvalue weighted by atomic mass is 16.4. The Labute approximate surface area is 681 Å². The molecule has 0 fully saturated rings. The molecule has 21 nitrogen and oxygen atoms in total. The molecule has 0 spiro atoms. The minimum Gasteiger partial charge on any atom is -0.481 e. The first-order chi connectivity index (χ1) is 53.3. The second-order valence-corrected chi connectivity index (χ2v) is 37.6. The fourth-order valence-electron chi connectivity index (χ4n) is 15.6. The van der Waals surface area contributed by atoms with Crippen molar-refractivity contribution in [2.75, 3.05) is 19.8 Å². The normalized spacial score (nSPS) is 24.4. The zero-order chi connectivity index (χ0) is 85.5. The molecule has 0 heterocycles. The van der Waals surface area contributed by atoms with E-state index in [1.807, 2.05) is 41.5 Å². The SMILES string of the molecule is CC(C)(CCCCC1=CC(O)C=C(CCCC2=CC(O)C=C(CCCCC(C)(C)C(=O)O)C2O)C1O)C(=O)O.CC(C)(CO)CCCCC1=CC(O)C=C(CCCC2=CC(O)C=C(CCCCC(C)(C)C(=O)O)C2O)C1O.CC(C)(CO)CCCCC1=CC(O)C=C(CCCC2=CC(O)C=C(CCCCC(C)(C)CO)C2O)C1O. The Morgan fingerprint density at radius 1 is 0.219 bits per heavy atom. The lowest BCUT2D eigenvalue weighted by Gasteiger charge is -2.27. The Morgan fingerprint density at radius 2 is 0.342 bits per heavy atom. The quantitative estimate of drug-likeness (QED) is 0.0199. The molecule has 18 N–H and O–H groups in total. The van der Waals surface area contributed by atoms with E-state index < -0.39 is 107 Å². The zero-order valence-corrected chi connectivity index (χ0v) is 71.1. The largest absolute Gasteiger partial charge is 0.481 e. The maximum atomic E-state index is 11.3. The third kappa shape index (κ3) is 35.3. The molecule has 0 aromatic rings. The summed E-state index contributed by atoms with van der Waals surface area (Å²) in [5, 5.41) is 183. The molecule has 21 heteroatoms. The van der Waals surface area contributed by atoms with Crippen molar-refractivity contribution in [2.24, 2.45) is 32.5 Å². The second-order valence-electron chi connectivity index (χ2n) is 37.6. The van der Waals surface area contributed by atoms with Crippen LogP contribution < -0.4 is 0 Å². The van der Waals surface area contributed by atoms with E-state index in [2.05, 4.69) is 0 Å². The number of carboxylic acid groups (broad SMARTS) is 3. The highest BCUT2D eigenvalue weighted by Crippen LogP contribution is 2.39. The predicted molar refractivity (Wildman–Crippen MR) is 448 cm³/mol. The number of aliphatic carboxylic acids is 3. The molecule has 6 aliphatic rings. The standard InChI is InChI=1S/C31H48O8.C31H50O7.C31H52O6/c1-30(2,28(36)37)14-7-5-10-20-16-24(32)18-22(26(20)34)12-9-13-23-19-25(33)17-21(27(23)35)11-6-8-15-31(3,4)29(38)39;1-30(2,20-32)14-7-5-10-21-16-25(33)18-23(27(21)35)12-9-13-24-19-26(34)17-22(28(24)36)11-6-8-15-31(3,4)29(37)38;1-30(2,20-32)14-7-5-10-22-16-26(34)18-24(28(22)36)12-9-13-25-19-27(35)17-23(29(25)37)11-6-8-15-31(3,4)21-33/h16-19,24-27,32-35H,5-15H2,1-4H3,(H,36,37)(H,38,39);16-19,25-28,32-36H,5-15,20H2,1-4H3,(H,37,38);16-19,26-29,32-37H,5-15,20-21H2,1-4H3. The number of hydrogen-bond acceptors (Lipinski definition) is 18. The van der Waals surface area contributed by atoms with Gasteiger partial charge in [0.1, 0.15) is 0 Å². The van der Waals surface area contributed by atoms with Crippen LogP contribution in [0.3, 0.4) is 0 Å². The van der Waals surface area contributed by atoms with Gasteiger partial charge in [0, 0.05) is 19.8 Å². The lowest BCUT2D eigenvalue weighted by molar-refractivity contribution is -0.148. The summed E-state index contributed by atoms with van der Waals surface area (Å²) in [6.45, 7) is 22.9. The number of unbranched alkanes of at least 4 members (excludes halogenated alkanes) is 6. The summed E-state index contributed by atoms with van der Waals surface area (Å²) in [6, 6.07) is 0. The van der Waals surface area contributed by atoms with Crippen molar-refractivity contribution in [1.29, 1.82) is 0 Å². The minimum absolute atomic E-state index is 0.0953. The van der Waals surface area contributed by atoms with Gasteiger partial charge in [-0.25, -0.2) is 0 Å². The average Bonchev–Trinajstić information content (AvgIpc) is 0.844. The van der Waals surface area contributed by atoms with Crippen LogP contribution in [0.4, 0.5) is 0 Å². The lowest BCUT2D eigenvalue weighted by Crippen LogP contribution is -2.24. The topological polar surface area (TPSA) is 415 Å². The predicted octanol–water partition coefficient (Wildman–Crippen LogP) is 13.7. The highest BCUT2D eigenvalue weighted by Gasteiger charge is 2.33. The molecule has 0 amide bonds. The van der Waals surface area contributed by atoms with Crippen molar-refractivity contribution in [3.05, 3.63) is 140 Å². The van der Waals surface area contributed by atoms with Gasteiger partial charge < -0.3 is 91.9 Å². The monoisotopic (exact) mass is 1600 g/mol. The molecule has 0 radical (unpaired) electrons. The van der Waals surface area contributed by atoms with Crippen LogP contribution in [0.1, 0.15) is 295 Å². The molecule has 648 valence electrons. The van der Waals surface area contributed by atoms with E-state index in [0.29, 0.717) is 116 Å². The van der Waals surface area contributed by atoms with E-state index >= 15 is 0 Å². The molecule has 0 saturated carbocycles. The van der Waals surface area contributed by atoms with Gasteiger partial charge in [-0.3, -0.25) is 14.4 Å². The second kappa shape index (κ2) is 48.1. The molecule has 12 atom stereocenters. The lowest BCUT2D eigenvalue weighted by atomic mass is 9.83. The Bertz CT molecular complexity index is 3290. The van der Waals surface area contributed by atoms with Crippen molar-refractivity contribution in [3.63, 3.8) is 0 Å². The Balaban J connectivity index is 0.000000360. The molecule has 0 aliphatic heterocycles. The van der Waals surface area contributed by atoms with Gasteiger partial charge in [-0.05, 0) is 298 Å². The van der Waals surface area contributed by atoms with E-state index in [-0.39, 0.29) is 36.1 Å². The fraction of sp³-hybridized carbons (Fsp3) is 0.710. The van der Waals surface area contributed by atoms with Crippen LogP contribution in [-0.2, 0) is 14.4 Å². The highest BCUT2D eigenvalue weighted by molar-refractivity contribution is 5.74. The Hall–Kier alpha value is -5.31. The molecule has 6 aliphatic carbocycles. The van der Waals surface area contributed by atoms with Gasteiger partial charge in [0.25, 0.3) is 0 Å². The first-order valence-electron chi connectivity index (χ1n) is 42.4. The molecule has 0 aromatic carbocycles. The number of aliphatic hydroxyl groups excluding tert-OH is 15. The molecule has 0 bridgehead atoms. The Morgan fingerprint density at radius 3 is 0.465 bits per heavy atom. The van der Waals surface area contributed by atoms with Crippen LogP contribution >= 0.6 is 0 Å². The number of carboxylic acids is 3. The van der Waals surface area contributed by atoms with Crippen molar-refractivity contribution in [3.8, 4) is 0 Å². The number of aliphatic hydroxyl groups is 15. The fourth-order valence-corrected chi connectivity index (χ4v) is 15.6. The van der Waals surface area contributed by atoms with Gasteiger partial charge in [0.15, 0.2) is 0 Å². The smallest absolute Gasteiger partial charge is 0.309 e. The van der Waals surface area contributed by atoms with Crippen LogP contribution in [0.25, 0.3) is 0 Å². The number of hydrogen-bond donors (Lipinski definition) is 18. The number of carbonyl (C=O) groups is 3. The van der Waals surface area contributed by atoms with E-state index in [1.165, 1.54) is 0 Å². The first-order valence-corrected chi connectivity index (χ1v) is 42.4. The molecular weight excluding hydrogens is 1450 g/mol. The zero-order valence-electron chi connectivity index (χ0n) is 71.1. The summed E-state index contributed by atoms with van der Waals surface area (Å²) in [4.78, 5) is 33.9. The van der Waals surface area contributed by atoms with E-state index in [9.17, 15) is 106 Å². The van der Waals surface area contributed by atoms with Crippen LogP contribution in [0.5, 0.6) is 0 Å². The van der Waals surface area contributed by atoms with E-state index in [1.54, 1.807) is 114 Å². The third-order valence-corrected chi connectivity index (χ3v) is 23.9. The van der Waals surface area contributed by atoms with Gasteiger partial charge in [-0.1, -0.05) is 153 Å².